The molecule has 2 fully saturated rings. The lowest BCUT2D eigenvalue weighted by Gasteiger charge is -2.42. The monoisotopic (exact) mass is 975 g/mol. The number of carbonyl (C=O) groups is 2. The summed E-state index contributed by atoms with van der Waals surface area (Å²) >= 11 is 0. The summed E-state index contributed by atoms with van der Waals surface area (Å²) in [6.45, 7) is 2.31. The first kappa shape index (κ1) is 61.5. The van der Waals surface area contributed by atoms with Gasteiger partial charge >= 0.3 is 11.9 Å². The second-order valence-electron chi connectivity index (χ2n) is 17.3. The average molecular weight is 975 g/mol. The summed E-state index contributed by atoms with van der Waals surface area (Å²) in [5.74, 6) is -1.05. The summed E-state index contributed by atoms with van der Waals surface area (Å²) < 4.78 is 33.4. The molecule has 2 rings (SSSR count). The van der Waals surface area contributed by atoms with Crippen LogP contribution in [0.1, 0.15) is 136 Å². The lowest BCUT2D eigenvalue weighted by molar-refractivity contribution is -0.332. The molecule has 69 heavy (non-hydrogen) atoms. The Morgan fingerprint density at radius 3 is 1.49 bits per heavy atom. The molecule has 2 aliphatic heterocycles. The molecule has 7 N–H and O–H groups in total. The second-order valence-corrected chi connectivity index (χ2v) is 17.3. The number of ether oxygens (including phenoxy) is 6. The van der Waals surface area contributed by atoms with Crippen LogP contribution in [0.15, 0.2) is 97.2 Å². The highest BCUT2D eigenvalue weighted by Crippen LogP contribution is 2.26. The topological polar surface area (TPSA) is 231 Å². The summed E-state index contributed by atoms with van der Waals surface area (Å²) in [6, 6.07) is 0. The van der Waals surface area contributed by atoms with Gasteiger partial charge in [-0.2, -0.15) is 0 Å². The van der Waals surface area contributed by atoms with Gasteiger partial charge in [0.05, 0.1) is 19.8 Å². The van der Waals surface area contributed by atoms with Gasteiger partial charge in [-0.15, -0.1) is 0 Å². The van der Waals surface area contributed by atoms with Crippen molar-refractivity contribution in [3.8, 4) is 0 Å². The summed E-state index contributed by atoms with van der Waals surface area (Å²) in [7, 11) is 0. The molecule has 11 atom stereocenters. The molecule has 0 aromatic carbocycles. The number of carbonyl (C=O) groups excluding carboxylic acids is 2. The molecule has 0 aliphatic carbocycles. The lowest BCUT2D eigenvalue weighted by atomic mass is 9.98. The van der Waals surface area contributed by atoms with Crippen LogP contribution in [0.2, 0.25) is 0 Å². The predicted molar refractivity (Wildman–Crippen MR) is 265 cm³/mol. The largest absolute Gasteiger partial charge is 0.462 e. The van der Waals surface area contributed by atoms with Gasteiger partial charge in [-0.05, 0) is 77.0 Å². The number of hydrogen-bond acceptors (Lipinski definition) is 15. The zero-order chi connectivity index (χ0) is 50.3. The van der Waals surface area contributed by atoms with Crippen molar-refractivity contribution in [2.24, 2.45) is 0 Å². The van der Waals surface area contributed by atoms with E-state index in [0.29, 0.717) is 19.3 Å². The van der Waals surface area contributed by atoms with E-state index in [-0.39, 0.29) is 19.4 Å². The Morgan fingerprint density at radius 1 is 0.478 bits per heavy atom. The Kier molecular flexibility index (Phi) is 35.7. The molecule has 0 aromatic heterocycles. The van der Waals surface area contributed by atoms with E-state index < -0.39 is 99.3 Å². The minimum Gasteiger partial charge on any atom is -0.462 e. The highest BCUT2D eigenvalue weighted by atomic mass is 16.7. The van der Waals surface area contributed by atoms with Crippen molar-refractivity contribution >= 4 is 11.9 Å². The van der Waals surface area contributed by atoms with Crippen molar-refractivity contribution in [2.45, 2.75) is 203 Å². The number of allylic oxidation sites excluding steroid dienone is 16. The van der Waals surface area contributed by atoms with E-state index >= 15 is 0 Å². The molecule has 0 spiro atoms. The fraction of sp³-hybridized carbons (Fsp3) is 0.667. The molecule has 2 aliphatic rings. The zero-order valence-electron chi connectivity index (χ0n) is 41.2. The van der Waals surface area contributed by atoms with Crippen molar-refractivity contribution in [1.29, 1.82) is 0 Å². The molecule has 0 amide bonds. The first-order valence-electron chi connectivity index (χ1n) is 25.3. The van der Waals surface area contributed by atoms with Crippen LogP contribution in [-0.2, 0) is 38.0 Å². The molecular weight excluding hydrogens is 889 g/mol. The van der Waals surface area contributed by atoms with Crippen LogP contribution in [0.4, 0.5) is 0 Å². The van der Waals surface area contributed by atoms with Gasteiger partial charge in [0.25, 0.3) is 0 Å². The van der Waals surface area contributed by atoms with E-state index in [1.54, 1.807) is 0 Å². The molecular formula is C54H86O15. The van der Waals surface area contributed by atoms with Gasteiger partial charge in [0.1, 0.15) is 55.4 Å². The highest BCUT2D eigenvalue weighted by molar-refractivity contribution is 5.70. The quantitative estimate of drug-likeness (QED) is 0.0189. The molecule has 0 radical (unpaired) electrons. The SMILES string of the molecule is CC/C=C/C/C=C/C/C=C/C/C=C/C/C=C/C/C=C/CCC(=O)O[C@H](COC(=O)CCCCCCC/C=C/C/C=C/CCCC)CO[C@H]1O[C@@H](CO[C@H]2O[C@@H](CO)[C@@H](O)C(O)C2O)[C@@H](O)C(O)C1O. The maximum absolute atomic E-state index is 13.0. The molecule has 15 nitrogen and oxygen atoms in total. The molecule has 392 valence electrons. The minimum absolute atomic E-state index is 0.0311. The third-order valence-electron chi connectivity index (χ3n) is 11.3. The van der Waals surface area contributed by atoms with Crippen molar-refractivity contribution in [3.63, 3.8) is 0 Å². The third kappa shape index (κ3) is 28.2. The standard InChI is InChI=1S/C54H86O15/c1-3-5-7-9-11-13-15-17-19-20-21-22-23-25-27-29-31-33-35-37-46(57)67-42(39-64-45(56)36-34-32-30-28-26-24-18-16-14-12-10-8-6-4-2)40-65-53-52(63)50(61)48(59)44(69-53)41-66-54-51(62)49(60)47(58)43(38-55)68-54/h5,7,10-13,16-19,21-22,25,27,31,33,42-44,47-55,58-63H,3-4,6,8-9,14-15,20,23-24,26,28-30,32,34-41H2,1-2H3/b7-5+,12-10+,13-11+,18-16+,19-17+,22-21+,27-25+,33-31+/t42-,43+,44+,47-,48-,49?,50?,51?,52?,53+,54+/m1/s1. The molecule has 0 aromatic rings. The zero-order valence-corrected chi connectivity index (χ0v) is 41.2. The number of aliphatic hydroxyl groups is 7. The third-order valence-corrected chi connectivity index (χ3v) is 11.3. The van der Waals surface area contributed by atoms with E-state index in [1.165, 1.54) is 12.8 Å². The summed E-state index contributed by atoms with van der Waals surface area (Å²) in [5.41, 5.74) is 0. The molecule has 2 saturated heterocycles. The Hall–Kier alpha value is -3.58. The second kappa shape index (κ2) is 40.1. The van der Waals surface area contributed by atoms with E-state index in [2.05, 4.69) is 92.8 Å². The molecule has 0 saturated carbocycles. The van der Waals surface area contributed by atoms with Crippen molar-refractivity contribution in [2.75, 3.05) is 26.4 Å². The van der Waals surface area contributed by atoms with Gasteiger partial charge in [-0.1, -0.05) is 143 Å². The minimum atomic E-state index is -1.79. The summed E-state index contributed by atoms with van der Waals surface area (Å²) in [5, 5.41) is 72.0. The van der Waals surface area contributed by atoms with Crippen molar-refractivity contribution in [1.82, 2.24) is 0 Å². The Morgan fingerprint density at radius 2 is 0.942 bits per heavy atom. The number of aliphatic hydroxyl groups excluding tert-OH is 7. The van der Waals surface area contributed by atoms with E-state index in [4.69, 9.17) is 28.4 Å². The lowest BCUT2D eigenvalue weighted by Crippen LogP contribution is -2.61. The summed E-state index contributed by atoms with van der Waals surface area (Å²) in [4.78, 5) is 25.7. The van der Waals surface area contributed by atoms with Crippen LogP contribution in [0.5, 0.6) is 0 Å². The first-order valence-corrected chi connectivity index (χ1v) is 25.3. The normalized spacial score (nSPS) is 26.4. The summed E-state index contributed by atoms with van der Waals surface area (Å²) in [6.07, 6.45) is 33.0. The van der Waals surface area contributed by atoms with Gasteiger partial charge in [-0.25, -0.2) is 0 Å². The van der Waals surface area contributed by atoms with Crippen LogP contribution in [0, 0.1) is 0 Å². The Balaban J connectivity index is 1.86. The maximum Gasteiger partial charge on any atom is 0.306 e. The average Bonchev–Trinajstić information content (AvgIpc) is 3.34. The maximum atomic E-state index is 13.0. The van der Waals surface area contributed by atoms with Crippen molar-refractivity contribution < 1.29 is 73.8 Å². The van der Waals surface area contributed by atoms with E-state index in [9.17, 15) is 45.3 Å². The number of hydrogen-bond donors (Lipinski definition) is 7. The number of esters is 2. The number of rotatable bonds is 37. The smallest absolute Gasteiger partial charge is 0.306 e. The first-order chi connectivity index (χ1) is 33.5. The van der Waals surface area contributed by atoms with Crippen LogP contribution < -0.4 is 0 Å². The fourth-order valence-electron chi connectivity index (χ4n) is 7.14. The van der Waals surface area contributed by atoms with Crippen LogP contribution in [0.3, 0.4) is 0 Å². The van der Waals surface area contributed by atoms with Crippen LogP contribution in [0.25, 0.3) is 0 Å². The molecule has 0 bridgehead atoms. The molecule has 4 unspecified atom stereocenters. The molecule has 15 heteroatoms. The van der Waals surface area contributed by atoms with Crippen LogP contribution in [-0.4, -0.2) is 142 Å². The van der Waals surface area contributed by atoms with Crippen LogP contribution >= 0.6 is 0 Å². The van der Waals surface area contributed by atoms with E-state index in [0.717, 1.165) is 77.0 Å². The van der Waals surface area contributed by atoms with Gasteiger partial charge in [0.2, 0.25) is 0 Å². The Labute approximate surface area is 411 Å². The number of unbranched alkanes of at least 4 members (excludes halogenated alkanes) is 7. The fourth-order valence-corrected chi connectivity index (χ4v) is 7.14. The molecule has 2 heterocycles. The van der Waals surface area contributed by atoms with Gasteiger partial charge in [-0.3, -0.25) is 9.59 Å². The Bertz CT molecular complexity index is 1570. The van der Waals surface area contributed by atoms with Gasteiger partial charge in [0.15, 0.2) is 18.7 Å². The van der Waals surface area contributed by atoms with Gasteiger partial charge < -0.3 is 64.2 Å². The predicted octanol–water partition coefficient (Wildman–Crippen LogP) is 6.98. The van der Waals surface area contributed by atoms with E-state index in [1.807, 2.05) is 18.2 Å². The van der Waals surface area contributed by atoms with Gasteiger partial charge in [0, 0.05) is 12.8 Å². The van der Waals surface area contributed by atoms with Crippen molar-refractivity contribution in [3.05, 3.63) is 97.2 Å². The highest BCUT2D eigenvalue weighted by Gasteiger charge is 2.47.